The van der Waals surface area contributed by atoms with Gasteiger partial charge in [-0.3, -0.25) is 9.52 Å². The number of hydrogen-bond donors (Lipinski definition) is 1. The summed E-state index contributed by atoms with van der Waals surface area (Å²) in [6.07, 6.45) is 1.07. The summed E-state index contributed by atoms with van der Waals surface area (Å²) in [6.45, 7) is 1.88. The van der Waals surface area contributed by atoms with Crippen LogP contribution < -0.4 is 4.72 Å². The van der Waals surface area contributed by atoms with Gasteiger partial charge in [0, 0.05) is 23.7 Å². The van der Waals surface area contributed by atoms with Crippen molar-refractivity contribution in [3.05, 3.63) is 65.9 Å². The van der Waals surface area contributed by atoms with Crippen molar-refractivity contribution in [2.24, 2.45) is 0 Å². The number of rotatable bonds is 5. The summed E-state index contributed by atoms with van der Waals surface area (Å²) in [7, 11) is -1.71. The zero-order chi connectivity index (χ0) is 18.9. The van der Waals surface area contributed by atoms with Gasteiger partial charge in [0.25, 0.3) is 5.91 Å². The summed E-state index contributed by atoms with van der Waals surface area (Å²) in [4.78, 5) is 14.4. The average Bonchev–Trinajstić information content (AvgIpc) is 3.02. The molecule has 0 fully saturated rings. The molecule has 0 aliphatic carbocycles. The van der Waals surface area contributed by atoms with Gasteiger partial charge in [-0.2, -0.15) is 0 Å². The fourth-order valence-corrected chi connectivity index (χ4v) is 3.26. The highest BCUT2D eigenvalue weighted by Crippen LogP contribution is 2.27. The number of nitrogens with one attached hydrogen (secondary N) is 1. The number of carbonyl (C=O) groups is 1. The van der Waals surface area contributed by atoms with Gasteiger partial charge in [0.2, 0.25) is 10.0 Å². The lowest BCUT2D eigenvalue weighted by Crippen LogP contribution is -2.29. The van der Waals surface area contributed by atoms with E-state index in [4.69, 9.17) is 4.42 Å². The zero-order valence-electron chi connectivity index (χ0n) is 14.8. The maximum absolute atomic E-state index is 12.8. The molecule has 136 valence electrons. The lowest BCUT2D eigenvalue weighted by molar-refractivity contribution is 0.0727. The van der Waals surface area contributed by atoms with Crippen molar-refractivity contribution >= 4 is 32.6 Å². The Morgan fingerprint density at radius 2 is 1.85 bits per heavy atom. The highest BCUT2D eigenvalue weighted by Gasteiger charge is 2.22. The van der Waals surface area contributed by atoms with Crippen molar-refractivity contribution in [3.8, 4) is 0 Å². The van der Waals surface area contributed by atoms with Crippen molar-refractivity contribution in [2.45, 2.75) is 13.0 Å². The highest BCUT2D eigenvalue weighted by molar-refractivity contribution is 7.92. The van der Waals surface area contributed by atoms with Crippen molar-refractivity contribution < 1.29 is 17.6 Å². The SMILES string of the molecule is C[C@H](c1cc2ccccc2o1)N(C)C(=O)c1cccc(NS(C)(=O)=O)c1. The quantitative estimate of drug-likeness (QED) is 0.741. The highest BCUT2D eigenvalue weighted by atomic mass is 32.2. The van der Waals surface area contributed by atoms with E-state index in [1.54, 1.807) is 30.1 Å². The Balaban J connectivity index is 1.83. The molecule has 0 aliphatic rings. The summed E-state index contributed by atoms with van der Waals surface area (Å²) in [5.74, 6) is 0.461. The number of benzene rings is 2. The van der Waals surface area contributed by atoms with Crippen LogP contribution >= 0.6 is 0 Å². The van der Waals surface area contributed by atoms with Gasteiger partial charge in [-0.25, -0.2) is 8.42 Å². The molecule has 7 heteroatoms. The normalized spacial score (nSPS) is 12.7. The minimum absolute atomic E-state index is 0.227. The van der Waals surface area contributed by atoms with Crippen LogP contribution in [0.4, 0.5) is 5.69 Å². The molecule has 0 saturated carbocycles. The third-order valence-corrected chi connectivity index (χ3v) is 4.78. The molecule has 3 rings (SSSR count). The van der Waals surface area contributed by atoms with Crippen LogP contribution in [0.5, 0.6) is 0 Å². The molecule has 6 nitrogen and oxygen atoms in total. The molecule has 3 aromatic rings. The average molecular weight is 372 g/mol. The first-order chi connectivity index (χ1) is 12.2. The second-order valence-corrected chi connectivity index (χ2v) is 7.98. The van der Waals surface area contributed by atoms with E-state index in [2.05, 4.69) is 4.72 Å². The van der Waals surface area contributed by atoms with Gasteiger partial charge in [-0.15, -0.1) is 0 Å². The maximum atomic E-state index is 12.8. The first-order valence-corrected chi connectivity index (χ1v) is 9.97. The first kappa shape index (κ1) is 18.0. The van der Waals surface area contributed by atoms with Crippen LogP contribution in [0, 0.1) is 0 Å². The summed E-state index contributed by atoms with van der Waals surface area (Å²) >= 11 is 0. The second-order valence-electron chi connectivity index (χ2n) is 6.23. The van der Waals surface area contributed by atoms with Gasteiger partial charge in [-0.05, 0) is 37.3 Å². The Labute approximate surface area is 152 Å². The Bertz CT molecular complexity index is 1020. The van der Waals surface area contributed by atoms with E-state index >= 15 is 0 Å². The van der Waals surface area contributed by atoms with Crippen LogP contribution in [0.1, 0.15) is 29.1 Å². The van der Waals surface area contributed by atoms with Crippen molar-refractivity contribution in [2.75, 3.05) is 18.0 Å². The van der Waals surface area contributed by atoms with Crippen LogP contribution in [-0.4, -0.2) is 32.5 Å². The van der Waals surface area contributed by atoms with Crippen molar-refractivity contribution in [1.82, 2.24) is 4.90 Å². The minimum Gasteiger partial charge on any atom is -0.459 e. The molecule has 0 aliphatic heterocycles. The predicted molar refractivity (Wildman–Crippen MR) is 102 cm³/mol. The minimum atomic E-state index is -3.40. The standard InChI is InChI=1S/C19H20N2O4S/c1-13(18-12-14-7-4-5-10-17(14)25-18)21(2)19(22)15-8-6-9-16(11-15)20-26(3,23)24/h4-13,20H,1-3H3/t13-/m1/s1. The molecule has 0 unspecified atom stereocenters. The smallest absolute Gasteiger partial charge is 0.254 e. The lowest BCUT2D eigenvalue weighted by Gasteiger charge is -2.23. The Morgan fingerprint density at radius 1 is 1.12 bits per heavy atom. The Hall–Kier alpha value is -2.80. The molecule has 1 atom stereocenters. The predicted octanol–water partition coefficient (Wildman–Crippen LogP) is 3.64. The van der Waals surface area contributed by atoms with Gasteiger partial charge < -0.3 is 9.32 Å². The second kappa shape index (κ2) is 6.84. The number of hydrogen-bond acceptors (Lipinski definition) is 4. The molecule has 1 heterocycles. The van der Waals surface area contributed by atoms with Crippen LogP contribution in [0.15, 0.2) is 59.0 Å². The number of nitrogens with zero attached hydrogens (tertiary/aromatic N) is 1. The van der Waals surface area contributed by atoms with E-state index in [1.165, 1.54) is 6.07 Å². The Kier molecular flexibility index (Phi) is 4.73. The van der Waals surface area contributed by atoms with E-state index in [0.717, 1.165) is 17.2 Å². The monoisotopic (exact) mass is 372 g/mol. The number of carbonyl (C=O) groups excluding carboxylic acids is 1. The first-order valence-electron chi connectivity index (χ1n) is 8.08. The number of para-hydroxylation sites is 1. The van der Waals surface area contributed by atoms with Crippen LogP contribution in [0.25, 0.3) is 11.0 Å². The van der Waals surface area contributed by atoms with Crippen molar-refractivity contribution in [1.29, 1.82) is 0 Å². The van der Waals surface area contributed by atoms with Gasteiger partial charge in [0.15, 0.2) is 0 Å². The lowest BCUT2D eigenvalue weighted by atomic mass is 10.1. The largest absolute Gasteiger partial charge is 0.459 e. The topological polar surface area (TPSA) is 79.6 Å². The van der Waals surface area contributed by atoms with Crippen LogP contribution in [-0.2, 0) is 10.0 Å². The van der Waals surface area contributed by atoms with Gasteiger partial charge in [0.1, 0.15) is 11.3 Å². The summed E-state index contributed by atoms with van der Waals surface area (Å²) in [6, 6.07) is 15.7. The number of anilines is 1. The summed E-state index contributed by atoms with van der Waals surface area (Å²) in [5, 5.41) is 0.981. The van der Waals surface area contributed by atoms with Crippen LogP contribution in [0.3, 0.4) is 0 Å². The van der Waals surface area contributed by atoms with E-state index in [1.807, 2.05) is 37.3 Å². The number of sulfonamides is 1. The molecule has 1 N–H and O–H groups in total. The molecule has 0 radical (unpaired) electrons. The van der Waals surface area contributed by atoms with Gasteiger partial charge in [-0.1, -0.05) is 24.3 Å². The molecular formula is C19H20N2O4S. The van der Waals surface area contributed by atoms with Crippen molar-refractivity contribution in [3.63, 3.8) is 0 Å². The summed E-state index contributed by atoms with van der Waals surface area (Å²) in [5.41, 5.74) is 1.52. The molecule has 2 aromatic carbocycles. The fourth-order valence-electron chi connectivity index (χ4n) is 2.71. The maximum Gasteiger partial charge on any atom is 0.254 e. The molecule has 0 saturated heterocycles. The fraction of sp³-hybridized carbons (Fsp3) is 0.211. The number of furan rings is 1. The molecule has 1 aromatic heterocycles. The molecule has 0 spiro atoms. The van der Waals surface area contributed by atoms with Gasteiger partial charge >= 0.3 is 0 Å². The molecule has 1 amide bonds. The molecule has 26 heavy (non-hydrogen) atoms. The molecule has 0 bridgehead atoms. The molecular weight excluding hydrogens is 352 g/mol. The van der Waals surface area contributed by atoms with Crippen LogP contribution in [0.2, 0.25) is 0 Å². The van der Waals surface area contributed by atoms with E-state index in [-0.39, 0.29) is 11.9 Å². The van der Waals surface area contributed by atoms with E-state index in [9.17, 15) is 13.2 Å². The van der Waals surface area contributed by atoms with E-state index in [0.29, 0.717) is 17.0 Å². The number of fused-ring (bicyclic) bond motifs is 1. The summed E-state index contributed by atoms with van der Waals surface area (Å²) < 4.78 is 31.0. The third-order valence-electron chi connectivity index (χ3n) is 4.17. The Morgan fingerprint density at radius 3 is 2.54 bits per heavy atom. The zero-order valence-corrected chi connectivity index (χ0v) is 15.6. The van der Waals surface area contributed by atoms with E-state index < -0.39 is 10.0 Å². The van der Waals surface area contributed by atoms with Gasteiger partial charge in [0.05, 0.1) is 12.3 Å². The third kappa shape index (κ3) is 3.88. The number of amides is 1.